The Morgan fingerprint density at radius 1 is 0.944 bits per heavy atom. The van der Waals surface area contributed by atoms with Crippen molar-refractivity contribution in [2.45, 2.75) is 180 Å². The number of aliphatic hydroxyl groups is 3. The molecular weight excluding hydrogens is 1030 g/mol. The second-order valence-electron chi connectivity index (χ2n) is 20.7. The predicted octanol–water partition coefficient (Wildman–Crippen LogP) is 7.64. The molecule has 404 valence electrons. The van der Waals surface area contributed by atoms with Crippen LogP contribution < -0.4 is 0 Å². The zero-order valence-electron chi connectivity index (χ0n) is 44.4. The number of likely N-dealkylation sites (tertiary alicyclic amines) is 1. The molecule has 14 atom stereocenters. The highest BCUT2D eigenvalue weighted by Gasteiger charge is 2.53. The summed E-state index contributed by atoms with van der Waals surface area (Å²) in [6, 6.07) is -0.948. The average Bonchev–Trinajstić information content (AvgIpc) is 3.36. The van der Waals surface area contributed by atoms with Crippen LogP contribution in [-0.2, 0) is 52.4 Å². The highest BCUT2D eigenvalue weighted by atomic mass is 127. The molecule has 2 unspecified atom stereocenters. The van der Waals surface area contributed by atoms with Crippen LogP contribution >= 0.6 is 22.6 Å². The maximum absolute atomic E-state index is 14.1. The van der Waals surface area contributed by atoms with Crippen molar-refractivity contribution in [1.82, 2.24) is 4.90 Å². The first-order valence-corrected chi connectivity index (χ1v) is 27.5. The summed E-state index contributed by atoms with van der Waals surface area (Å²) in [5.41, 5.74) is -0.194. The molecule has 1 amide bonds. The van der Waals surface area contributed by atoms with E-state index in [-0.39, 0.29) is 62.6 Å². The number of carbonyl (C=O) groups excluding carboxylic acids is 5. The molecule has 1 saturated carbocycles. The fourth-order valence-electron chi connectivity index (χ4n) is 10.3. The van der Waals surface area contributed by atoms with Crippen molar-refractivity contribution < 1.29 is 67.7 Å². The largest absolute Gasteiger partial charge is 0.464 e. The van der Waals surface area contributed by atoms with Crippen molar-refractivity contribution in [2.24, 2.45) is 35.5 Å². The van der Waals surface area contributed by atoms with Gasteiger partial charge in [0.1, 0.15) is 18.4 Å². The number of allylic oxidation sites excluding steroid dienone is 6. The molecule has 16 heteroatoms. The Bertz CT molecular complexity index is 1820. The monoisotopic (exact) mass is 1110 g/mol. The number of hydrogen-bond acceptors (Lipinski definition) is 14. The van der Waals surface area contributed by atoms with E-state index in [1.165, 1.54) is 12.0 Å². The van der Waals surface area contributed by atoms with Crippen LogP contribution in [0.3, 0.4) is 0 Å². The fraction of sp³-hybridized carbons (Fsp3) is 0.764. The van der Waals surface area contributed by atoms with Gasteiger partial charge in [-0.2, -0.15) is 0 Å². The number of carbonyl (C=O) groups is 5. The first-order chi connectivity index (χ1) is 33.7. The van der Waals surface area contributed by atoms with Gasteiger partial charge in [-0.15, -0.1) is 0 Å². The quantitative estimate of drug-likeness (QED) is 0.00925. The van der Waals surface area contributed by atoms with E-state index in [0.717, 1.165) is 55.0 Å². The number of piperidine rings is 1. The summed E-state index contributed by atoms with van der Waals surface area (Å²) in [5.74, 6) is -6.34. The number of methoxy groups -OCH3 is 2. The average molecular weight is 1110 g/mol. The molecule has 3 rings (SSSR count). The van der Waals surface area contributed by atoms with Crippen LogP contribution in [-0.4, -0.2) is 150 Å². The van der Waals surface area contributed by atoms with Crippen LogP contribution in [0.2, 0.25) is 0 Å². The summed E-state index contributed by atoms with van der Waals surface area (Å²) < 4.78 is 36.6. The number of Topliss-reactive ketones (excluding diaryl/α,β-unsaturated/α-hetero) is 2. The van der Waals surface area contributed by atoms with Crippen LogP contribution in [0.25, 0.3) is 0 Å². The number of rotatable bonds is 30. The van der Waals surface area contributed by atoms with Gasteiger partial charge in [0, 0.05) is 56.0 Å². The molecule has 3 N–H and O–H groups in total. The lowest BCUT2D eigenvalue weighted by molar-refractivity contribution is -0.266. The van der Waals surface area contributed by atoms with Gasteiger partial charge in [-0.3, -0.25) is 14.4 Å². The Balaban J connectivity index is 1.60. The summed E-state index contributed by atoms with van der Waals surface area (Å²) in [4.78, 5) is 67.7. The number of aldehydes is 1. The Kier molecular flexibility index (Phi) is 27.6. The molecule has 1 aliphatic carbocycles. The van der Waals surface area contributed by atoms with Crippen molar-refractivity contribution in [2.75, 3.05) is 51.6 Å². The van der Waals surface area contributed by atoms with Crippen molar-refractivity contribution >= 4 is 52.3 Å². The van der Waals surface area contributed by atoms with Crippen molar-refractivity contribution in [3.05, 3.63) is 47.6 Å². The highest BCUT2D eigenvalue weighted by Crippen LogP contribution is 2.37. The molecule has 2 saturated heterocycles. The van der Waals surface area contributed by atoms with E-state index in [1.807, 2.05) is 51.2 Å². The fourth-order valence-corrected chi connectivity index (χ4v) is 10.6. The summed E-state index contributed by atoms with van der Waals surface area (Å²) in [6.07, 6.45) is 17.5. The molecule has 2 aliphatic heterocycles. The minimum absolute atomic E-state index is 0.00305. The zero-order valence-corrected chi connectivity index (χ0v) is 46.5. The third kappa shape index (κ3) is 18.6. The molecule has 0 aromatic rings. The van der Waals surface area contributed by atoms with Gasteiger partial charge in [-0.25, -0.2) is 4.79 Å². The number of aliphatic hydroxyl groups excluding tert-OH is 2. The van der Waals surface area contributed by atoms with Crippen LogP contribution in [0, 0.1) is 35.5 Å². The number of nitrogens with zero attached hydrogens (tertiary/aromatic N) is 1. The van der Waals surface area contributed by atoms with Crippen molar-refractivity contribution in [1.29, 1.82) is 0 Å². The molecular formula is C55H88INO14. The molecule has 0 radical (unpaired) electrons. The van der Waals surface area contributed by atoms with Crippen LogP contribution in [0.1, 0.15) is 132 Å². The van der Waals surface area contributed by atoms with Gasteiger partial charge in [0.25, 0.3) is 11.7 Å². The number of halogens is 1. The van der Waals surface area contributed by atoms with E-state index in [9.17, 15) is 39.3 Å². The number of ketones is 2. The molecule has 0 bridgehead atoms. The Labute approximate surface area is 438 Å². The molecule has 3 fully saturated rings. The minimum Gasteiger partial charge on any atom is -0.464 e. The van der Waals surface area contributed by atoms with Gasteiger partial charge in [-0.05, 0) is 120 Å². The van der Waals surface area contributed by atoms with Crippen LogP contribution in [0.5, 0.6) is 0 Å². The van der Waals surface area contributed by atoms with E-state index >= 15 is 0 Å². The van der Waals surface area contributed by atoms with Crippen LogP contribution in [0.15, 0.2) is 47.6 Å². The number of hydrogen-bond donors (Lipinski definition) is 3. The number of ether oxygens (including phenoxy) is 6. The topological polar surface area (TPSA) is 205 Å². The van der Waals surface area contributed by atoms with Gasteiger partial charge < -0.3 is 53.4 Å². The SMILES string of the molecule is CO[C@@H]1C[C@H](C[C@@H](C)COC(=O)C2CCCCN2C(=O)C(=O)[C@]2(O)O[C@H](C[C@@H](OCCO)/C(C)=C/C=C/C=C/[C@@H](C)C[C@@H](C)C(=O)[C@@](C)(OC)C(O)/C(C)=C/[C@@H](C)C=O)CC[C@H]2C)CC[C@H]1OCCCI. The maximum atomic E-state index is 14.1. The summed E-state index contributed by atoms with van der Waals surface area (Å²) in [6.45, 7) is 15.3. The van der Waals surface area contributed by atoms with Crippen LogP contribution in [0.4, 0.5) is 0 Å². The number of esters is 1. The van der Waals surface area contributed by atoms with E-state index in [0.29, 0.717) is 50.0 Å². The van der Waals surface area contributed by atoms with Gasteiger partial charge in [0.05, 0.1) is 44.2 Å². The standard InChI is InChI=1S/C55H88INO14/c1-36(29-40(5)49(60)54(8,67-10)50(61)41(6)30-37(2)34-59)17-12-11-13-18-39(4)47(69-28-26-58)33-44-22-20-42(7)55(65,71-44)51(62)52(63)57-25-15-14-19-45(57)53(64)70-35-38(3)31-43-21-23-46(48(32-43)66-9)68-27-16-24-56/h11-13,17-18,30,34,36-38,40,42-48,50,58,61,65H,14-16,19-29,31-33,35H2,1-10H3/b13-11+,17-12+,39-18+,41-30+/t36-,37-,38-,40-,42-,43+,44+,45?,46-,47-,48-,50?,54-,55-/m1/s1. The Hall–Kier alpha value is -2.68. The van der Waals surface area contributed by atoms with Gasteiger partial charge in [-0.1, -0.05) is 93.7 Å². The molecule has 71 heavy (non-hydrogen) atoms. The Morgan fingerprint density at radius 3 is 2.34 bits per heavy atom. The third-order valence-electron chi connectivity index (χ3n) is 14.7. The van der Waals surface area contributed by atoms with E-state index in [4.69, 9.17) is 28.4 Å². The summed E-state index contributed by atoms with van der Waals surface area (Å²) in [5, 5.41) is 32.6. The van der Waals surface area contributed by atoms with Crippen molar-refractivity contribution in [3.63, 3.8) is 0 Å². The second kappa shape index (κ2) is 31.3. The normalized spacial score (nSPS) is 28.2. The lowest BCUT2D eigenvalue weighted by atomic mass is 9.80. The minimum atomic E-state index is -2.42. The van der Waals surface area contributed by atoms with E-state index in [2.05, 4.69) is 29.5 Å². The summed E-state index contributed by atoms with van der Waals surface area (Å²) >= 11 is 2.35. The third-order valence-corrected chi connectivity index (χ3v) is 15.4. The lowest BCUT2D eigenvalue weighted by Crippen LogP contribution is -2.60. The maximum Gasteiger partial charge on any atom is 0.328 e. The number of alkyl halides is 1. The van der Waals surface area contributed by atoms with Gasteiger partial charge in [0.2, 0.25) is 5.79 Å². The lowest BCUT2D eigenvalue weighted by Gasteiger charge is -2.42. The second-order valence-corrected chi connectivity index (χ2v) is 21.8. The highest BCUT2D eigenvalue weighted by molar-refractivity contribution is 14.1. The molecule has 2 heterocycles. The molecule has 0 aromatic heterocycles. The van der Waals surface area contributed by atoms with Gasteiger partial charge in [0.15, 0.2) is 11.4 Å². The smallest absolute Gasteiger partial charge is 0.328 e. The first kappa shape index (κ1) is 62.6. The Morgan fingerprint density at radius 2 is 1.68 bits per heavy atom. The molecule has 0 aromatic carbocycles. The van der Waals surface area contributed by atoms with Crippen molar-refractivity contribution in [3.8, 4) is 0 Å². The zero-order chi connectivity index (χ0) is 52.9. The summed E-state index contributed by atoms with van der Waals surface area (Å²) in [7, 11) is 3.12. The molecule has 15 nitrogen and oxygen atoms in total. The molecule has 0 spiro atoms. The number of amides is 1. The first-order valence-electron chi connectivity index (χ1n) is 26.0. The predicted molar refractivity (Wildman–Crippen MR) is 281 cm³/mol. The van der Waals surface area contributed by atoms with Gasteiger partial charge >= 0.3 is 5.97 Å². The molecule has 3 aliphatic rings. The van der Waals surface area contributed by atoms with E-state index < -0.39 is 71.2 Å². The van der Waals surface area contributed by atoms with E-state index in [1.54, 1.807) is 40.9 Å².